The molecule has 1 amide bonds. The summed E-state index contributed by atoms with van der Waals surface area (Å²) in [5, 5.41) is 2.76. The van der Waals surface area contributed by atoms with E-state index in [0.29, 0.717) is 28.5 Å². The van der Waals surface area contributed by atoms with Crippen LogP contribution in [0.25, 0.3) is 0 Å². The fourth-order valence-corrected chi connectivity index (χ4v) is 1.66. The highest BCUT2D eigenvalue weighted by atomic mass is 16.3. The first-order valence-electron chi connectivity index (χ1n) is 5.31. The maximum Gasteiger partial charge on any atom is 0.259 e. The second kappa shape index (κ2) is 4.33. The van der Waals surface area contributed by atoms with Gasteiger partial charge in [0.2, 0.25) is 0 Å². The lowest BCUT2D eigenvalue weighted by atomic mass is 10.2. The van der Waals surface area contributed by atoms with Crippen molar-refractivity contribution in [1.82, 2.24) is 0 Å². The third-order valence-corrected chi connectivity index (χ3v) is 2.49. The maximum absolute atomic E-state index is 12.0. The van der Waals surface area contributed by atoms with Gasteiger partial charge in [-0.25, -0.2) is 0 Å². The molecule has 2 rings (SSSR count). The minimum Gasteiger partial charge on any atom is -0.466 e. The van der Waals surface area contributed by atoms with Crippen molar-refractivity contribution in [1.29, 1.82) is 0 Å². The number of aryl methyl sites for hydroxylation is 2. The van der Waals surface area contributed by atoms with Crippen molar-refractivity contribution in [3.8, 4) is 0 Å². The molecule has 0 saturated carbocycles. The van der Waals surface area contributed by atoms with Crippen LogP contribution in [-0.4, -0.2) is 5.91 Å². The average molecular weight is 230 g/mol. The van der Waals surface area contributed by atoms with Gasteiger partial charge in [0.05, 0.1) is 16.9 Å². The van der Waals surface area contributed by atoms with E-state index in [9.17, 15) is 4.79 Å². The molecule has 17 heavy (non-hydrogen) atoms. The smallest absolute Gasteiger partial charge is 0.259 e. The highest BCUT2D eigenvalue weighted by Gasteiger charge is 2.14. The largest absolute Gasteiger partial charge is 0.466 e. The SMILES string of the molecule is Cc1cc(C(=O)Nc2ccccc2N)c(C)o1. The molecule has 0 aliphatic heterocycles. The molecule has 4 nitrogen and oxygen atoms in total. The predicted molar refractivity (Wildman–Crippen MR) is 67.0 cm³/mol. The van der Waals surface area contributed by atoms with Gasteiger partial charge < -0.3 is 15.5 Å². The van der Waals surface area contributed by atoms with E-state index in [-0.39, 0.29) is 5.91 Å². The number of benzene rings is 1. The van der Waals surface area contributed by atoms with Crippen LogP contribution in [0.3, 0.4) is 0 Å². The van der Waals surface area contributed by atoms with Crippen LogP contribution in [-0.2, 0) is 0 Å². The molecule has 0 fully saturated rings. The molecule has 2 aromatic rings. The van der Waals surface area contributed by atoms with E-state index in [1.54, 1.807) is 32.0 Å². The van der Waals surface area contributed by atoms with Gasteiger partial charge in [-0.15, -0.1) is 0 Å². The Morgan fingerprint density at radius 3 is 2.59 bits per heavy atom. The van der Waals surface area contributed by atoms with Gasteiger partial charge in [0.25, 0.3) is 5.91 Å². The summed E-state index contributed by atoms with van der Waals surface area (Å²) < 4.78 is 5.31. The summed E-state index contributed by atoms with van der Waals surface area (Å²) >= 11 is 0. The van der Waals surface area contributed by atoms with Gasteiger partial charge in [0, 0.05) is 0 Å². The van der Waals surface area contributed by atoms with E-state index in [1.165, 1.54) is 0 Å². The Kier molecular flexibility index (Phi) is 2.87. The van der Waals surface area contributed by atoms with Gasteiger partial charge in [-0.3, -0.25) is 4.79 Å². The minimum absolute atomic E-state index is 0.211. The van der Waals surface area contributed by atoms with Gasteiger partial charge >= 0.3 is 0 Å². The van der Waals surface area contributed by atoms with Crippen LogP contribution in [0.15, 0.2) is 34.7 Å². The zero-order valence-corrected chi connectivity index (χ0v) is 9.78. The van der Waals surface area contributed by atoms with Crippen molar-refractivity contribution in [2.75, 3.05) is 11.1 Å². The molecule has 0 aliphatic rings. The molecule has 1 aromatic carbocycles. The summed E-state index contributed by atoms with van der Waals surface area (Å²) in [7, 11) is 0. The maximum atomic E-state index is 12.0. The van der Waals surface area contributed by atoms with Crippen molar-refractivity contribution in [3.05, 3.63) is 47.4 Å². The number of nitrogens with two attached hydrogens (primary N) is 1. The Morgan fingerprint density at radius 1 is 1.29 bits per heavy atom. The lowest BCUT2D eigenvalue weighted by Crippen LogP contribution is -2.13. The summed E-state index contributed by atoms with van der Waals surface area (Å²) in [6.07, 6.45) is 0. The lowest BCUT2D eigenvalue weighted by Gasteiger charge is -2.06. The number of hydrogen-bond donors (Lipinski definition) is 2. The third-order valence-electron chi connectivity index (χ3n) is 2.49. The monoisotopic (exact) mass is 230 g/mol. The molecule has 1 aromatic heterocycles. The second-order valence-electron chi connectivity index (χ2n) is 3.87. The first-order valence-corrected chi connectivity index (χ1v) is 5.31. The summed E-state index contributed by atoms with van der Waals surface area (Å²) in [5.74, 6) is 1.11. The highest BCUT2D eigenvalue weighted by Crippen LogP contribution is 2.20. The van der Waals surface area contributed by atoms with Crippen LogP contribution >= 0.6 is 0 Å². The van der Waals surface area contributed by atoms with Gasteiger partial charge in [0.15, 0.2) is 0 Å². The predicted octanol–water partition coefficient (Wildman–Crippen LogP) is 2.73. The lowest BCUT2D eigenvalue weighted by molar-refractivity contribution is 0.102. The number of carbonyl (C=O) groups is 1. The Labute approximate surface area is 99.4 Å². The highest BCUT2D eigenvalue weighted by molar-refractivity contribution is 6.06. The Balaban J connectivity index is 2.23. The fraction of sp³-hybridized carbons (Fsp3) is 0.154. The molecular weight excluding hydrogens is 216 g/mol. The number of furan rings is 1. The summed E-state index contributed by atoms with van der Waals surface area (Å²) in [6.45, 7) is 3.57. The number of anilines is 2. The van der Waals surface area contributed by atoms with E-state index >= 15 is 0 Å². The Morgan fingerprint density at radius 2 is 2.00 bits per heavy atom. The topological polar surface area (TPSA) is 68.3 Å². The molecule has 4 heteroatoms. The number of amides is 1. The Hall–Kier alpha value is -2.23. The van der Waals surface area contributed by atoms with Crippen molar-refractivity contribution >= 4 is 17.3 Å². The van der Waals surface area contributed by atoms with E-state index in [0.717, 1.165) is 0 Å². The van der Waals surface area contributed by atoms with E-state index < -0.39 is 0 Å². The quantitative estimate of drug-likeness (QED) is 0.779. The standard InChI is InChI=1S/C13H14N2O2/c1-8-7-10(9(2)17-8)13(16)15-12-6-4-3-5-11(12)14/h3-7H,14H2,1-2H3,(H,15,16). The number of carbonyl (C=O) groups excluding carboxylic acids is 1. The number of nitrogen functional groups attached to an aromatic ring is 1. The summed E-state index contributed by atoms with van der Waals surface area (Å²) in [4.78, 5) is 12.0. The third kappa shape index (κ3) is 2.30. The minimum atomic E-state index is -0.211. The molecule has 0 saturated heterocycles. The fourth-order valence-electron chi connectivity index (χ4n) is 1.66. The zero-order valence-electron chi connectivity index (χ0n) is 9.78. The van der Waals surface area contributed by atoms with Crippen LogP contribution < -0.4 is 11.1 Å². The van der Waals surface area contributed by atoms with Crippen LogP contribution in [0.2, 0.25) is 0 Å². The summed E-state index contributed by atoms with van der Waals surface area (Å²) in [6, 6.07) is 8.85. The van der Waals surface area contributed by atoms with Gasteiger partial charge in [0.1, 0.15) is 11.5 Å². The van der Waals surface area contributed by atoms with Crippen LogP contribution in [0.5, 0.6) is 0 Å². The van der Waals surface area contributed by atoms with Crippen LogP contribution in [0.4, 0.5) is 11.4 Å². The van der Waals surface area contributed by atoms with E-state index in [4.69, 9.17) is 10.2 Å². The number of para-hydroxylation sites is 2. The molecule has 3 N–H and O–H groups in total. The molecule has 0 aliphatic carbocycles. The number of rotatable bonds is 2. The molecule has 88 valence electrons. The van der Waals surface area contributed by atoms with Crippen molar-refractivity contribution in [3.63, 3.8) is 0 Å². The second-order valence-corrected chi connectivity index (χ2v) is 3.87. The molecule has 0 spiro atoms. The first-order chi connectivity index (χ1) is 8.08. The normalized spacial score (nSPS) is 10.2. The number of nitrogens with one attached hydrogen (secondary N) is 1. The zero-order chi connectivity index (χ0) is 12.4. The molecular formula is C13H14N2O2. The molecule has 0 atom stereocenters. The summed E-state index contributed by atoms with van der Waals surface area (Å²) in [5.41, 5.74) is 7.43. The van der Waals surface area contributed by atoms with E-state index in [1.807, 2.05) is 12.1 Å². The van der Waals surface area contributed by atoms with Crippen molar-refractivity contribution < 1.29 is 9.21 Å². The van der Waals surface area contributed by atoms with Crippen LogP contribution in [0, 0.1) is 13.8 Å². The van der Waals surface area contributed by atoms with Gasteiger partial charge in [-0.2, -0.15) is 0 Å². The molecule has 0 bridgehead atoms. The van der Waals surface area contributed by atoms with Crippen LogP contribution in [0.1, 0.15) is 21.9 Å². The van der Waals surface area contributed by atoms with Crippen molar-refractivity contribution in [2.45, 2.75) is 13.8 Å². The molecule has 1 heterocycles. The first kappa shape index (κ1) is 11.3. The van der Waals surface area contributed by atoms with E-state index in [2.05, 4.69) is 5.32 Å². The average Bonchev–Trinajstić information content (AvgIpc) is 2.61. The van der Waals surface area contributed by atoms with Gasteiger partial charge in [-0.1, -0.05) is 12.1 Å². The Bertz CT molecular complexity index is 558. The van der Waals surface area contributed by atoms with Gasteiger partial charge in [-0.05, 0) is 32.0 Å². The number of hydrogen-bond acceptors (Lipinski definition) is 3. The molecule has 0 unspecified atom stereocenters. The molecule has 0 radical (unpaired) electrons. The van der Waals surface area contributed by atoms with Crippen molar-refractivity contribution in [2.24, 2.45) is 0 Å².